The van der Waals surface area contributed by atoms with Crippen molar-refractivity contribution < 1.29 is 9.53 Å². The van der Waals surface area contributed by atoms with Gasteiger partial charge in [-0.25, -0.2) is 0 Å². The second-order valence-electron chi connectivity index (χ2n) is 7.31. The molecule has 6 nitrogen and oxygen atoms in total. The first-order valence-electron chi connectivity index (χ1n) is 7.92. The molecule has 0 aromatic carbocycles. The zero-order valence-corrected chi connectivity index (χ0v) is 16.3. The summed E-state index contributed by atoms with van der Waals surface area (Å²) in [7, 11) is 3.69. The molecule has 2 heterocycles. The Morgan fingerprint density at radius 2 is 2.17 bits per heavy atom. The average Bonchev–Trinajstić information content (AvgIpc) is 2.90. The number of aryl methyl sites for hydroxylation is 1. The van der Waals surface area contributed by atoms with Gasteiger partial charge >= 0.3 is 0 Å². The monoisotopic (exact) mass is 378 g/mol. The molecule has 0 spiro atoms. The second-order valence-corrected chi connectivity index (χ2v) is 7.31. The zero-order chi connectivity index (χ0) is 16.1. The largest absolute Gasteiger partial charge is 0.377 e. The fourth-order valence-corrected chi connectivity index (χ4v) is 4.23. The van der Waals surface area contributed by atoms with Gasteiger partial charge in [-0.15, -0.1) is 24.8 Å². The smallest absolute Gasteiger partial charge is 0.243 e. The Morgan fingerprint density at radius 1 is 1.50 bits per heavy atom. The van der Waals surface area contributed by atoms with Gasteiger partial charge in [0.05, 0.1) is 12.3 Å². The van der Waals surface area contributed by atoms with Crippen LogP contribution in [0.5, 0.6) is 0 Å². The standard InChI is InChI=1S/C16H26N4O2.2ClH/c1-15(2)13-12(6-5-7-22-13)16(15,17)14(21)19(3)9-11-8-18-20(4)10-11;;/h8,10,12-13H,5-7,9,17H2,1-4H3;2*1H. The van der Waals surface area contributed by atoms with Crippen LogP contribution in [0.25, 0.3) is 0 Å². The van der Waals surface area contributed by atoms with E-state index in [9.17, 15) is 4.79 Å². The van der Waals surface area contributed by atoms with Crippen molar-refractivity contribution in [1.82, 2.24) is 14.7 Å². The van der Waals surface area contributed by atoms with Gasteiger partial charge in [0, 0.05) is 50.3 Å². The van der Waals surface area contributed by atoms with Crippen LogP contribution in [0.3, 0.4) is 0 Å². The molecule has 1 amide bonds. The number of fused-ring (bicyclic) bond motifs is 1. The number of ether oxygens (including phenoxy) is 1. The number of hydrogen-bond donors (Lipinski definition) is 1. The van der Waals surface area contributed by atoms with Crippen LogP contribution in [0.2, 0.25) is 0 Å². The molecule has 1 saturated carbocycles. The molecule has 3 rings (SSSR count). The van der Waals surface area contributed by atoms with Crippen molar-refractivity contribution in [2.24, 2.45) is 24.1 Å². The van der Waals surface area contributed by atoms with Crippen LogP contribution in [0, 0.1) is 11.3 Å². The predicted molar refractivity (Wildman–Crippen MR) is 97.3 cm³/mol. The van der Waals surface area contributed by atoms with Crippen LogP contribution < -0.4 is 5.73 Å². The van der Waals surface area contributed by atoms with Crippen molar-refractivity contribution in [2.75, 3.05) is 13.7 Å². The van der Waals surface area contributed by atoms with E-state index in [1.807, 2.05) is 20.3 Å². The van der Waals surface area contributed by atoms with E-state index in [0.29, 0.717) is 6.54 Å². The number of nitrogens with zero attached hydrogens (tertiary/aromatic N) is 3. The van der Waals surface area contributed by atoms with E-state index in [1.54, 1.807) is 15.8 Å². The Kier molecular flexibility index (Phi) is 6.36. The molecule has 1 aliphatic carbocycles. The van der Waals surface area contributed by atoms with E-state index < -0.39 is 5.54 Å². The Morgan fingerprint density at radius 3 is 2.75 bits per heavy atom. The maximum atomic E-state index is 13.0. The molecule has 3 unspecified atom stereocenters. The molecule has 3 atom stereocenters. The highest BCUT2D eigenvalue weighted by atomic mass is 35.5. The molecular formula is C16H28Cl2N4O2. The fraction of sp³-hybridized carbons (Fsp3) is 0.750. The Labute approximate surface area is 155 Å². The first-order valence-corrected chi connectivity index (χ1v) is 7.92. The number of hydrogen-bond acceptors (Lipinski definition) is 4. The third-order valence-electron chi connectivity index (χ3n) is 5.56. The normalized spacial score (nSPS) is 30.2. The summed E-state index contributed by atoms with van der Waals surface area (Å²) in [5.41, 5.74) is 6.48. The van der Waals surface area contributed by atoms with Gasteiger partial charge in [0.2, 0.25) is 5.91 Å². The fourth-order valence-electron chi connectivity index (χ4n) is 4.23. The van der Waals surface area contributed by atoms with Gasteiger partial charge in [-0.05, 0) is 12.8 Å². The number of nitrogens with two attached hydrogens (primary N) is 1. The minimum absolute atomic E-state index is 0. The highest BCUT2D eigenvalue weighted by molar-refractivity contribution is 5.89. The first kappa shape index (κ1) is 21.2. The zero-order valence-electron chi connectivity index (χ0n) is 14.7. The van der Waals surface area contributed by atoms with Crippen molar-refractivity contribution in [1.29, 1.82) is 0 Å². The number of aromatic nitrogens is 2. The molecule has 0 radical (unpaired) electrons. The van der Waals surface area contributed by atoms with E-state index in [0.717, 1.165) is 25.0 Å². The lowest BCUT2D eigenvalue weighted by Crippen LogP contribution is -2.82. The van der Waals surface area contributed by atoms with Crippen LogP contribution in [0.1, 0.15) is 32.3 Å². The summed E-state index contributed by atoms with van der Waals surface area (Å²) in [6.07, 6.45) is 5.76. The van der Waals surface area contributed by atoms with Crippen molar-refractivity contribution in [3.05, 3.63) is 18.0 Å². The highest BCUT2D eigenvalue weighted by Crippen LogP contribution is 2.57. The third kappa shape index (κ3) is 2.94. The van der Waals surface area contributed by atoms with Gasteiger partial charge in [-0.1, -0.05) is 13.8 Å². The molecule has 138 valence electrons. The van der Waals surface area contributed by atoms with Crippen molar-refractivity contribution in [3.8, 4) is 0 Å². The van der Waals surface area contributed by atoms with Crippen LogP contribution in [0.15, 0.2) is 12.4 Å². The van der Waals surface area contributed by atoms with Crippen LogP contribution >= 0.6 is 24.8 Å². The van der Waals surface area contributed by atoms with Crippen LogP contribution in [0.4, 0.5) is 0 Å². The van der Waals surface area contributed by atoms with Gasteiger partial charge in [0.25, 0.3) is 0 Å². The summed E-state index contributed by atoms with van der Waals surface area (Å²) in [5.74, 6) is 0.133. The average molecular weight is 379 g/mol. The lowest BCUT2D eigenvalue weighted by molar-refractivity contribution is -0.229. The van der Waals surface area contributed by atoms with E-state index in [-0.39, 0.29) is 48.2 Å². The number of rotatable bonds is 3. The molecular weight excluding hydrogens is 351 g/mol. The van der Waals surface area contributed by atoms with E-state index in [2.05, 4.69) is 18.9 Å². The lowest BCUT2D eigenvalue weighted by Gasteiger charge is -2.65. The molecule has 2 fully saturated rings. The van der Waals surface area contributed by atoms with Crippen molar-refractivity contribution >= 4 is 30.7 Å². The highest BCUT2D eigenvalue weighted by Gasteiger charge is 2.70. The lowest BCUT2D eigenvalue weighted by atomic mass is 9.46. The van der Waals surface area contributed by atoms with Gasteiger partial charge < -0.3 is 15.4 Å². The SMILES string of the molecule is CN(Cc1cnn(C)c1)C(=O)C1(N)C2CCCOC2C1(C)C.Cl.Cl. The van der Waals surface area contributed by atoms with E-state index >= 15 is 0 Å². The molecule has 1 aromatic heterocycles. The van der Waals surface area contributed by atoms with E-state index in [1.165, 1.54) is 0 Å². The van der Waals surface area contributed by atoms with Crippen LogP contribution in [-0.4, -0.2) is 45.9 Å². The first-order chi connectivity index (χ1) is 10.3. The quantitative estimate of drug-likeness (QED) is 0.869. The molecule has 0 bridgehead atoms. The number of carbonyl (C=O) groups excluding carboxylic acids is 1. The summed E-state index contributed by atoms with van der Waals surface area (Å²) in [6.45, 7) is 5.41. The second kappa shape index (κ2) is 7.20. The minimum atomic E-state index is -0.838. The van der Waals surface area contributed by atoms with Gasteiger partial charge in [0.15, 0.2) is 0 Å². The summed E-state index contributed by atoms with van der Waals surface area (Å²) >= 11 is 0. The summed E-state index contributed by atoms with van der Waals surface area (Å²) in [6, 6.07) is 0. The Bertz CT molecular complexity index is 592. The Hall–Kier alpha value is -0.820. The van der Waals surface area contributed by atoms with Gasteiger partial charge in [0.1, 0.15) is 5.54 Å². The number of likely N-dealkylation sites (N-methyl/N-ethyl adjacent to an activating group) is 1. The topological polar surface area (TPSA) is 73.4 Å². The molecule has 2 N–H and O–H groups in total. The van der Waals surface area contributed by atoms with Crippen molar-refractivity contribution in [3.63, 3.8) is 0 Å². The number of amides is 1. The number of carbonyl (C=O) groups is 1. The number of halogens is 2. The van der Waals surface area contributed by atoms with E-state index in [4.69, 9.17) is 10.5 Å². The van der Waals surface area contributed by atoms with Crippen molar-refractivity contribution in [2.45, 2.75) is 44.9 Å². The molecule has 1 saturated heterocycles. The molecule has 24 heavy (non-hydrogen) atoms. The maximum absolute atomic E-state index is 13.0. The molecule has 2 aliphatic rings. The van der Waals surface area contributed by atoms with Gasteiger partial charge in [-0.2, -0.15) is 5.10 Å². The molecule has 1 aromatic rings. The third-order valence-corrected chi connectivity index (χ3v) is 5.56. The van der Waals surface area contributed by atoms with Gasteiger partial charge in [-0.3, -0.25) is 9.48 Å². The summed E-state index contributed by atoms with van der Waals surface area (Å²) < 4.78 is 7.62. The summed E-state index contributed by atoms with van der Waals surface area (Å²) in [5, 5.41) is 4.15. The summed E-state index contributed by atoms with van der Waals surface area (Å²) in [4.78, 5) is 14.8. The van der Waals surface area contributed by atoms with Crippen LogP contribution in [-0.2, 0) is 23.1 Å². The molecule has 1 aliphatic heterocycles. The minimum Gasteiger partial charge on any atom is -0.377 e. The molecule has 8 heteroatoms. The predicted octanol–water partition coefficient (Wildman–Crippen LogP) is 1.75. The maximum Gasteiger partial charge on any atom is 0.243 e. The Balaban J connectivity index is 0.00000144.